The molecule has 7 heteroatoms. The lowest BCUT2D eigenvalue weighted by Gasteiger charge is -2.27. The second-order valence-corrected chi connectivity index (χ2v) is 5.70. The number of pyridine rings is 1. The Kier molecular flexibility index (Phi) is 5.92. The molecule has 0 spiro atoms. The summed E-state index contributed by atoms with van der Waals surface area (Å²) >= 11 is 0. The van der Waals surface area contributed by atoms with E-state index in [0.717, 1.165) is 24.1 Å². The van der Waals surface area contributed by atoms with Gasteiger partial charge in [-0.15, -0.1) is 0 Å². The van der Waals surface area contributed by atoms with E-state index in [0.29, 0.717) is 19.6 Å². The molecule has 0 radical (unpaired) electrons. The van der Waals surface area contributed by atoms with E-state index in [2.05, 4.69) is 10.6 Å². The molecule has 1 unspecified atom stereocenters. The zero-order valence-corrected chi connectivity index (χ0v) is 13.6. The molecular formula is C16H23N3O4. The van der Waals surface area contributed by atoms with Crippen LogP contribution in [0, 0.1) is 0 Å². The summed E-state index contributed by atoms with van der Waals surface area (Å²) in [6, 6.07) is 3.43. The third kappa shape index (κ3) is 4.66. The Morgan fingerprint density at radius 2 is 2.17 bits per heavy atom. The van der Waals surface area contributed by atoms with Crippen molar-refractivity contribution >= 4 is 11.8 Å². The van der Waals surface area contributed by atoms with E-state index < -0.39 is 0 Å². The first-order valence-corrected chi connectivity index (χ1v) is 7.75. The zero-order valence-electron chi connectivity index (χ0n) is 13.6. The van der Waals surface area contributed by atoms with E-state index in [4.69, 9.17) is 4.74 Å². The maximum atomic E-state index is 12.0. The van der Waals surface area contributed by atoms with Gasteiger partial charge in [0.05, 0.1) is 13.2 Å². The van der Waals surface area contributed by atoms with E-state index in [9.17, 15) is 14.4 Å². The minimum Gasteiger partial charge on any atom is -0.383 e. The van der Waals surface area contributed by atoms with E-state index in [1.807, 2.05) is 6.07 Å². The van der Waals surface area contributed by atoms with Crippen LogP contribution in [-0.4, -0.2) is 42.7 Å². The smallest absolute Gasteiger partial charge is 0.250 e. The molecule has 23 heavy (non-hydrogen) atoms. The van der Waals surface area contributed by atoms with Crippen LogP contribution < -0.4 is 16.2 Å². The van der Waals surface area contributed by atoms with Gasteiger partial charge in [0.1, 0.15) is 0 Å². The molecule has 0 saturated heterocycles. The standard InChI is InChI=1S/C16H23N3O4/c1-11(20)17-10-15(21)18-13-4-5-14-12(9-13)3-6-16(22)19(14)7-8-23-2/h3,6,13H,4-5,7-10H2,1-2H3,(H,17,20)(H,18,21). The largest absolute Gasteiger partial charge is 0.383 e. The fourth-order valence-electron chi connectivity index (χ4n) is 2.86. The number of hydrogen-bond donors (Lipinski definition) is 2. The van der Waals surface area contributed by atoms with Gasteiger partial charge in [-0.25, -0.2) is 0 Å². The van der Waals surface area contributed by atoms with Crippen molar-refractivity contribution in [1.29, 1.82) is 0 Å². The van der Waals surface area contributed by atoms with Crippen molar-refractivity contribution in [3.63, 3.8) is 0 Å². The van der Waals surface area contributed by atoms with Gasteiger partial charge in [0.15, 0.2) is 0 Å². The van der Waals surface area contributed by atoms with Crippen molar-refractivity contribution in [3.8, 4) is 0 Å². The summed E-state index contributed by atoms with van der Waals surface area (Å²) in [5, 5.41) is 5.41. The predicted octanol–water partition coefficient (Wildman–Crippen LogP) is -0.396. The molecule has 2 rings (SSSR count). The number of aromatic nitrogens is 1. The summed E-state index contributed by atoms with van der Waals surface area (Å²) in [4.78, 5) is 34.6. The molecule has 1 aliphatic rings. The van der Waals surface area contributed by atoms with Crippen LogP contribution in [0.3, 0.4) is 0 Å². The van der Waals surface area contributed by atoms with E-state index in [-0.39, 0.29) is 30.0 Å². The first-order valence-electron chi connectivity index (χ1n) is 7.75. The molecule has 1 atom stereocenters. The van der Waals surface area contributed by atoms with Crippen molar-refractivity contribution in [2.45, 2.75) is 38.8 Å². The molecule has 0 fully saturated rings. The predicted molar refractivity (Wildman–Crippen MR) is 85.2 cm³/mol. The molecule has 1 aromatic heterocycles. The van der Waals surface area contributed by atoms with Crippen molar-refractivity contribution in [2.24, 2.45) is 0 Å². The highest BCUT2D eigenvalue weighted by atomic mass is 16.5. The molecule has 126 valence electrons. The van der Waals surface area contributed by atoms with Gasteiger partial charge in [0.25, 0.3) is 5.56 Å². The Morgan fingerprint density at radius 1 is 1.39 bits per heavy atom. The quantitative estimate of drug-likeness (QED) is 0.746. The van der Waals surface area contributed by atoms with Gasteiger partial charge in [-0.3, -0.25) is 14.4 Å². The fraction of sp³-hybridized carbons (Fsp3) is 0.562. The van der Waals surface area contributed by atoms with E-state index in [1.54, 1.807) is 17.7 Å². The molecule has 1 aromatic rings. The van der Waals surface area contributed by atoms with E-state index in [1.165, 1.54) is 6.92 Å². The lowest BCUT2D eigenvalue weighted by molar-refractivity contribution is -0.125. The van der Waals surface area contributed by atoms with Gasteiger partial charge in [-0.05, 0) is 24.8 Å². The summed E-state index contributed by atoms with van der Waals surface area (Å²) in [6.07, 6.45) is 2.20. The summed E-state index contributed by atoms with van der Waals surface area (Å²) in [5.41, 5.74) is 2.09. The minimum atomic E-state index is -0.226. The van der Waals surface area contributed by atoms with Gasteiger partial charge in [0.2, 0.25) is 11.8 Å². The highest BCUT2D eigenvalue weighted by molar-refractivity contribution is 5.83. The van der Waals surface area contributed by atoms with Crippen molar-refractivity contribution < 1.29 is 14.3 Å². The summed E-state index contributed by atoms with van der Waals surface area (Å²) in [7, 11) is 1.61. The fourth-order valence-corrected chi connectivity index (χ4v) is 2.86. The number of hydrogen-bond acceptors (Lipinski definition) is 4. The molecule has 0 saturated carbocycles. The monoisotopic (exact) mass is 321 g/mol. The Balaban J connectivity index is 2.02. The first-order chi connectivity index (χ1) is 11.0. The first kappa shape index (κ1) is 17.2. The van der Waals surface area contributed by atoms with Gasteiger partial charge < -0.3 is 19.9 Å². The Morgan fingerprint density at radius 3 is 2.87 bits per heavy atom. The number of rotatable bonds is 6. The van der Waals surface area contributed by atoms with Crippen LogP contribution in [0.25, 0.3) is 0 Å². The number of nitrogens with one attached hydrogen (secondary N) is 2. The van der Waals surface area contributed by atoms with Crippen LogP contribution >= 0.6 is 0 Å². The second kappa shape index (κ2) is 7.92. The van der Waals surface area contributed by atoms with Gasteiger partial charge in [-0.2, -0.15) is 0 Å². The Bertz CT molecular complexity index is 639. The number of carbonyl (C=O) groups is 2. The van der Waals surface area contributed by atoms with Crippen LogP contribution in [0.5, 0.6) is 0 Å². The van der Waals surface area contributed by atoms with Crippen molar-refractivity contribution in [2.75, 3.05) is 20.3 Å². The van der Waals surface area contributed by atoms with Crippen LogP contribution in [0.4, 0.5) is 0 Å². The Labute approximate surface area is 135 Å². The summed E-state index contributed by atoms with van der Waals surface area (Å²) < 4.78 is 6.82. The molecule has 1 heterocycles. The van der Waals surface area contributed by atoms with Crippen LogP contribution in [0.2, 0.25) is 0 Å². The topological polar surface area (TPSA) is 89.4 Å². The molecule has 0 aliphatic heterocycles. The summed E-state index contributed by atoms with van der Waals surface area (Å²) in [6.45, 7) is 2.40. The van der Waals surface area contributed by atoms with Crippen molar-refractivity contribution in [1.82, 2.24) is 15.2 Å². The number of amides is 2. The van der Waals surface area contributed by atoms with Gasteiger partial charge in [-0.1, -0.05) is 6.07 Å². The van der Waals surface area contributed by atoms with Crippen LogP contribution in [0.1, 0.15) is 24.6 Å². The highest BCUT2D eigenvalue weighted by Crippen LogP contribution is 2.20. The average Bonchev–Trinajstić information content (AvgIpc) is 2.52. The zero-order chi connectivity index (χ0) is 16.8. The van der Waals surface area contributed by atoms with Gasteiger partial charge in [0, 0.05) is 38.4 Å². The SMILES string of the molecule is COCCn1c2c(ccc1=O)CC(NC(=O)CNC(C)=O)CC2. The molecule has 7 nitrogen and oxygen atoms in total. The second-order valence-electron chi connectivity index (χ2n) is 5.70. The number of ether oxygens (including phenoxy) is 1. The molecule has 0 aromatic carbocycles. The highest BCUT2D eigenvalue weighted by Gasteiger charge is 2.22. The normalized spacial score (nSPS) is 16.5. The molecular weight excluding hydrogens is 298 g/mol. The van der Waals surface area contributed by atoms with Crippen molar-refractivity contribution in [3.05, 3.63) is 33.7 Å². The third-order valence-electron chi connectivity index (χ3n) is 3.97. The Hall–Kier alpha value is -2.15. The minimum absolute atomic E-state index is 0.00791. The van der Waals surface area contributed by atoms with E-state index >= 15 is 0 Å². The number of nitrogens with zero attached hydrogens (tertiary/aromatic N) is 1. The van der Waals surface area contributed by atoms with Crippen LogP contribution in [-0.2, 0) is 33.7 Å². The maximum absolute atomic E-state index is 12.0. The molecule has 0 bridgehead atoms. The van der Waals surface area contributed by atoms with Crippen LogP contribution in [0.15, 0.2) is 16.9 Å². The molecule has 1 aliphatic carbocycles. The average molecular weight is 321 g/mol. The lowest BCUT2D eigenvalue weighted by atomic mass is 9.91. The number of carbonyl (C=O) groups excluding carboxylic acids is 2. The maximum Gasteiger partial charge on any atom is 0.250 e. The van der Waals surface area contributed by atoms with Gasteiger partial charge >= 0.3 is 0 Å². The number of methoxy groups -OCH3 is 1. The lowest BCUT2D eigenvalue weighted by Crippen LogP contribution is -2.44. The molecule has 2 N–H and O–H groups in total. The number of fused-ring (bicyclic) bond motifs is 1. The third-order valence-corrected chi connectivity index (χ3v) is 3.97. The molecule has 2 amide bonds. The summed E-state index contributed by atoms with van der Waals surface area (Å²) in [5.74, 6) is -0.419.